The molecule has 0 heterocycles. The molecule has 1 amide bonds. The van der Waals surface area contributed by atoms with Crippen LogP contribution in [0.15, 0.2) is 29.2 Å². The Morgan fingerprint density at radius 1 is 1.45 bits per heavy atom. The second-order valence-corrected chi connectivity index (χ2v) is 2.66. The first kappa shape index (κ1) is 8.14. The van der Waals surface area contributed by atoms with Gasteiger partial charge in [0.15, 0.2) is 4.90 Å². The summed E-state index contributed by atoms with van der Waals surface area (Å²) in [6, 6.07) is 7.30. The average Bonchev–Trinajstić information content (AvgIpc) is 2.04. The summed E-state index contributed by atoms with van der Waals surface area (Å²) in [7, 11) is 1.61. The minimum atomic E-state index is -0.0735. The maximum Gasteiger partial charge on any atom is 0.256 e. The van der Waals surface area contributed by atoms with Gasteiger partial charge in [-0.3, -0.25) is 4.79 Å². The molecule has 0 fully saturated rings. The van der Waals surface area contributed by atoms with E-state index in [0.717, 1.165) is 4.90 Å². The molecule has 0 aliphatic heterocycles. The topological polar surface area (TPSA) is 29.1 Å². The van der Waals surface area contributed by atoms with Crippen molar-refractivity contribution in [2.75, 3.05) is 7.05 Å². The molecule has 0 radical (unpaired) electrons. The van der Waals surface area contributed by atoms with Gasteiger partial charge in [0.1, 0.15) is 0 Å². The molecule has 0 aromatic heterocycles. The fourth-order valence-electron chi connectivity index (χ4n) is 0.816. The predicted molar refractivity (Wildman–Crippen MR) is 48.3 cm³/mol. The van der Waals surface area contributed by atoms with E-state index in [9.17, 15) is 4.79 Å². The molecule has 0 atom stereocenters. The van der Waals surface area contributed by atoms with Crippen molar-refractivity contribution in [1.29, 1.82) is 0 Å². The average molecular weight is 168 g/mol. The van der Waals surface area contributed by atoms with Crippen molar-refractivity contribution in [3.05, 3.63) is 29.8 Å². The molecule has 0 spiro atoms. The Hall–Kier alpha value is -0.960. The van der Waals surface area contributed by atoms with E-state index in [4.69, 9.17) is 0 Å². The first-order valence-corrected chi connectivity index (χ1v) is 3.78. The second-order valence-electron chi connectivity index (χ2n) is 2.12. The summed E-state index contributed by atoms with van der Waals surface area (Å²) in [5.74, 6) is -0.0735. The van der Waals surface area contributed by atoms with Crippen molar-refractivity contribution >= 4 is 18.5 Å². The smallest absolute Gasteiger partial charge is 0.256 e. The van der Waals surface area contributed by atoms with Gasteiger partial charge in [-0.15, -0.1) is 0 Å². The zero-order chi connectivity index (χ0) is 8.27. The second kappa shape index (κ2) is 3.44. The van der Waals surface area contributed by atoms with E-state index in [1.165, 1.54) is 0 Å². The van der Waals surface area contributed by atoms with E-state index >= 15 is 0 Å². The van der Waals surface area contributed by atoms with E-state index < -0.39 is 0 Å². The third-order valence-corrected chi connectivity index (χ3v) is 1.83. The summed E-state index contributed by atoms with van der Waals surface area (Å²) in [6.45, 7) is 0. The largest absolute Gasteiger partial charge is 0.355 e. The number of hydrogen-bond acceptors (Lipinski definition) is 1. The number of carbonyl (C=O) groups is 1. The molecule has 1 aromatic rings. The van der Waals surface area contributed by atoms with Crippen molar-refractivity contribution in [3.63, 3.8) is 0 Å². The first-order valence-electron chi connectivity index (χ1n) is 3.28. The lowest BCUT2D eigenvalue weighted by atomic mass is 10.2. The Kier molecular flexibility index (Phi) is 2.54. The zero-order valence-corrected chi connectivity index (χ0v) is 7.22. The van der Waals surface area contributed by atoms with E-state index in [-0.39, 0.29) is 5.91 Å². The summed E-state index contributed by atoms with van der Waals surface area (Å²) in [6.07, 6.45) is 0. The van der Waals surface area contributed by atoms with Crippen LogP contribution >= 0.6 is 0 Å². The van der Waals surface area contributed by atoms with Crippen LogP contribution in [-0.4, -0.2) is 13.0 Å². The number of benzene rings is 1. The van der Waals surface area contributed by atoms with E-state index in [2.05, 4.69) is 17.9 Å². The number of carbonyl (C=O) groups excluding carboxylic acids is 1. The van der Waals surface area contributed by atoms with E-state index in [1.54, 1.807) is 13.1 Å². The standard InChI is InChI=1S/C8H9NOS/c1-9-8(10)6-4-2-3-5-7(6)11/h2-5,11H,1H3,(H,9,10)/p+1. The molecular formula is C8H10NOS+. The molecule has 1 N–H and O–H groups in total. The molecule has 58 valence electrons. The van der Waals surface area contributed by atoms with Crippen molar-refractivity contribution in [2.45, 2.75) is 4.90 Å². The third kappa shape index (κ3) is 1.74. The van der Waals surface area contributed by atoms with Crippen LogP contribution in [0.3, 0.4) is 0 Å². The quantitative estimate of drug-likeness (QED) is 0.605. The molecule has 2 nitrogen and oxygen atoms in total. The Morgan fingerprint density at radius 2 is 2.09 bits per heavy atom. The van der Waals surface area contributed by atoms with Crippen molar-refractivity contribution in [1.82, 2.24) is 5.32 Å². The zero-order valence-electron chi connectivity index (χ0n) is 6.22. The number of rotatable bonds is 1. The third-order valence-electron chi connectivity index (χ3n) is 1.40. The Balaban J connectivity index is 3.03. The van der Waals surface area contributed by atoms with Crippen LogP contribution in [0.4, 0.5) is 0 Å². The SMILES string of the molecule is CNC(=O)c1ccccc1[SH2+]. The Labute approximate surface area is 71.0 Å². The minimum Gasteiger partial charge on any atom is -0.355 e. The number of hydrogen-bond donors (Lipinski definition) is 1. The number of nitrogens with one attached hydrogen (secondary N) is 1. The van der Waals surface area contributed by atoms with E-state index in [0.29, 0.717) is 5.56 Å². The maximum absolute atomic E-state index is 11.1. The van der Waals surface area contributed by atoms with Crippen LogP contribution in [-0.2, 0) is 12.6 Å². The van der Waals surface area contributed by atoms with Gasteiger partial charge in [0.25, 0.3) is 5.91 Å². The van der Waals surface area contributed by atoms with Gasteiger partial charge >= 0.3 is 0 Å². The highest BCUT2D eigenvalue weighted by Gasteiger charge is 2.08. The van der Waals surface area contributed by atoms with Crippen LogP contribution in [0.5, 0.6) is 0 Å². The summed E-state index contributed by atoms with van der Waals surface area (Å²) in [5.41, 5.74) is 0.659. The van der Waals surface area contributed by atoms with Crippen molar-refractivity contribution < 1.29 is 4.79 Å². The molecule has 1 rings (SSSR count). The van der Waals surface area contributed by atoms with Gasteiger partial charge in [-0.1, -0.05) is 12.1 Å². The Bertz CT molecular complexity index is 273. The lowest BCUT2D eigenvalue weighted by Gasteiger charge is -1.97. The molecule has 0 unspecified atom stereocenters. The van der Waals surface area contributed by atoms with Crippen LogP contribution < -0.4 is 5.32 Å². The van der Waals surface area contributed by atoms with Crippen LogP contribution in [0.1, 0.15) is 10.4 Å². The van der Waals surface area contributed by atoms with Crippen LogP contribution in [0.25, 0.3) is 0 Å². The predicted octanol–water partition coefficient (Wildman–Crippen LogP) is 0.417. The summed E-state index contributed by atoms with van der Waals surface area (Å²) in [4.78, 5) is 11.9. The molecule has 0 saturated carbocycles. The molecule has 0 aliphatic rings. The first-order chi connectivity index (χ1) is 5.25. The van der Waals surface area contributed by atoms with Crippen molar-refractivity contribution in [3.8, 4) is 0 Å². The van der Waals surface area contributed by atoms with Crippen molar-refractivity contribution in [2.24, 2.45) is 0 Å². The number of amides is 1. The molecule has 3 heteroatoms. The van der Waals surface area contributed by atoms with Crippen LogP contribution in [0, 0.1) is 0 Å². The molecule has 0 aliphatic carbocycles. The van der Waals surface area contributed by atoms with Gasteiger partial charge in [0, 0.05) is 7.05 Å². The highest BCUT2D eigenvalue weighted by Crippen LogP contribution is 2.06. The van der Waals surface area contributed by atoms with Crippen LogP contribution in [0.2, 0.25) is 0 Å². The summed E-state index contributed by atoms with van der Waals surface area (Å²) < 4.78 is 0. The highest BCUT2D eigenvalue weighted by molar-refractivity contribution is 7.58. The van der Waals surface area contributed by atoms with E-state index in [1.807, 2.05) is 18.2 Å². The van der Waals surface area contributed by atoms with Gasteiger partial charge in [-0.25, -0.2) is 0 Å². The monoisotopic (exact) mass is 168 g/mol. The summed E-state index contributed by atoms with van der Waals surface area (Å²) in [5, 5.41) is 2.55. The lowest BCUT2D eigenvalue weighted by Crippen LogP contribution is -2.18. The molecule has 0 saturated heterocycles. The normalized spacial score (nSPS) is 9.27. The van der Waals surface area contributed by atoms with Gasteiger partial charge in [0.05, 0.1) is 5.56 Å². The Morgan fingerprint density at radius 3 is 2.64 bits per heavy atom. The lowest BCUT2D eigenvalue weighted by molar-refractivity contribution is 0.0960. The van der Waals surface area contributed by atoms with Gasteiger partial charge in [-0.2, -0.15) is 0 Å². The molecule has 1 aromatic carbocycles. The fraction of sp³-hybridized carbons (Fsp3) is 0.125. The van der Waals surface area contributed by atoms with Gasteiger partial charge < -0.3 is 5.32 Å². The maximum atomic E-state index is 11.1. The minimum absolute atomic E-state index is 0.0735. The highest BCUT2D eigenvalue weighted by atomic mass is 32.1. The molecule has 0 bridgehead atoms. The van der Waals surface area contributed by atoms with Gasteiger partial charge in [-0.05, 0) is 24.8 Å². The molecule has 11 heavy (non-hydrogen) atoms. The molecular weight excluding hydrogens is 158 g/mol. The summed E-state index contributed by atoms with van der Waals surface area (Å²) >= 11 is 3.33. The van der Waals surface area contributed by atoms with Gasteiger partial charge in [0.2, 0.25) is 0 Å². The fourth-order valence-corrected chi connectivity index (χ4v) is 1.11.